The Bertz CT molecular complexity index is 405. The SMILES string of the molecule is CCN1Cc2cnc(N)c(C#N)c2C1. The van der Waals surface area contributed by atoms with E-state index in [0.717, 1.165) is 30.8 Å². The second kappa shape index (κ2) is 3.28. The van der Waals surface area contributed by atoms with E-state index in [1.165, 1.54) is 0 Å². The molecule has 4 heteroatoms. The molecule has 1 aromatic rings. The average molecular weight is 188 g/mol. The average Bonchev–Trinajstić information content (AvgIpc) is 2.60. The fraction of sp³-hybridized carbons (Fsp3) is 0.400. The van der Waals surface area contributed by atoms with Crippen LogP contribution in [0.3, 0.4) is 0 Å². The molecule has 2 heterocycles. The Morgan fingerprint density at radius 1 is 1.64 bits per heavy atom. The number of aromatic nitrogens is 1. The summed E-state index contributed by atoms with van der Waals surface area (Å²) in [4.78, 5) is 6.28. The van der Waals surface area contributed by atoms with E-state index in [0.29, 0.717) is 11.4 Å². The molecular formula is C10H12N4. The molecule has 2 rings (SSSR count). The van der Waals surface area contributed by atoms with Crippen molar-refractivity contribution in [3.63, 3.8) is 0 Å². The predicted molar refractivity (Wildman–Crippen MR) is 53.2 cm³/mol. The number of hydrogen-bond donors (Lipinski definition) is 1. The maximum absolute atomic E-state index is 8.95. The van der Waals surface area contributed by atoms with E-state index in [9.17, 15) is 0 Å². The van der Waals surface area contributed by atoms with E-state index < -0.39 is 0 Å². The van der Waals surface area contributed by atoms with Gasteiger partial charge in [-0.1, -0.05) is 6.92 Å². The normalized spacial score (nSPS) is 15.1. The molecule has 0 radical (unpaired) electrons. The predicted octanol–water partition coefficient (Wildman–Crippen LogP) is 0.871. The number of hydrogen-bond acceptors (Lipinski definition) is 4. The highest BCUT2D eigenvalue weighted by Crippen LogP contribution is 2.26. The minimum absolute atomic E-state index is 0.351. The van der Waals surface area contributed by atoms with Crippen LogP contribution < -0.4 is 5.73 Å². The maximum atomic E-state index is 8.95. The molecule has 1 aliphatic rings. The van der Waals surface area contributed by atoms with Crippen molar-refractivity contribution in [3.8, 4) is 6.07 Å². The lowest BCUT2D eigenvalue weighted by atomic mass is 10.1. The van der Waals surface area contributed by atoms with Gasteiger partial charge in [-0.2, -0.15) is 5.26 Å². The lowest BCUT2D eigenvalue weighted by molar-refractivity contribution is 0.300. The molecule has 72 valence electrons. The molecule has 1 aliphatic heterocycles. The Morgan fingerprint density at radius 2 is 2.43 bits per heavy atom. The molecule has 0 spiro atoms. The van der Waals surface area contributed by atoms with E-state index in [1.807, 2.05) is 0 Å². The summed E-state index contributed by atoms with van der Waals surface area (Å²) < 4.78 is 0. The molecule has 0 fully saturated rings. The van der Waals surface area contributed by atoms with Crippen LogP contribution in [0.25, 0.3) is 0 Å². The lowest BCUT2D eigenvalue weighted by Gasteiger charge is -2.09. The van der Waals surface area contributed by atoms with Gasteiger partial charge in [0.05, 0.1) is 5.56 Å². The van der Waals surface area contributed by atoms with Crippen molar-refractivity contribution in [2.75, 3.05) is 12.3 Å². The summed E-state index contributed by atoms with van der Waals surface area (Å²) in [6, 6.07) is 2.13. The summed E-state index contributed by atoms with van der Waals surface area (Å²) in [7, 11) is 0. The number of nitrogens with zero attached hydrogens (tertiary/aromatic N) is 3. The van der Waals surface area contributed by atoms with Crippen LogP contribution in [-0.2, 0) is 13.1 Å². The van der Waals surface area contributed by atoms with Crippen LogP contribution in [0, 0.1) is 11.3 Å². The van der Waals surface area contributed by atoms with Crippen molar-refractivity contribution >= 4 is 5.82 Å². The molecule has 0 atom stereocenters. The van der Waals surface area contributed by atoms with Crippen molar-refractivity contribution in [2.24, 2.45) is 0 Å². The topological polar surface area (TPSA) is 65.9 Å². The Labute approximate surface area is 83.0 Å². The number of pyridine rings is 1. The largest absolute Gasteiger partial charge is 0.383 e. The zero-order valence-electron chi connectivity index (χ0n) is 8.12. The Balaban J connectivity index is 2.48. The van der Waals surface area contributed by atoms with Crippen molar-refractivity contribution in [3.05, 3.63) is 22.9 Å². The molecule has 1 aromatic heterocycles. The summed E-state index contributed by atoms with van der Waals surface area (Å²) in [5.41, 5.74) is 8.39. The molecule has 0 saturated heterocycles. The van der Waals surface area contributed by atoms with E-state index in [2.05, 4.69) is 22.9 Å². The standard InChI is InChI=1S/C10H12N4/c1-2-14-5-7-4-13-10(12)8(3-11)9(7)6-14/h4H,2,5-6H2,1H3,(H2,12,13). The smallest absolute Gasteiger partial charge is 0.141 e. The highest BCUT2D eigenvalue weighted by atomic mass is 15.1. The molecule has 0 aliphatic carbocycles. The molecule has 4 nitrogen and oxygen atoms in total. The number of nitriles is 1. The molecule has 14 heavy (non-hydrogen) atoms. The summed E-state index contributed by atoms with van der Waals surface area (Å²) in [6.45, 7) is 4.80. The van der Waals surface area contributed by atoms with Gasteiger partial charge in [-0.3, -0.25) is 4.90 Å². The maximum Gasteiger partial charge on any atom is 0.141 e. The van der Waals surface area contributed by atoms with Crippen LogP contribution in [0.4, 0.5) is 5.82 Å². The number of rotatable bonds is 1. The van der Waals surface area contributed by atoms with E-state index in [4.69, 9.17) is 11.0 Å². The molecule has 0 saturated carbocycles. The van der Waals surface area contributed by atoms with Crippen molar-refractivity contribution in [1.29, 1.82) is 5.26 Å². The highest BCUT2D eigenvalue weighted by molar-refractivity contribution is 5.56. The second-order valence-electron chi connectivity index (χ2n) is 3.44. The Hall–Kier alpha value is -1.60. The summed E-state index contributed by atoms with van der Waals surface area (Å²) in [5, 5.41) is 8.95. The zero-order chi connectivity index (χ0) is 10.1. The fourth-order valence-corrected chi connectivity index (χ4v) is 1.79. The van der Waals surface area contributed by atoms with Gasteiger partial charge in [-0.25, -0.2) is 4.98 Å². The van der Waals surface area contributed by atoms with Crippen molar-refractivity contribution in [1.82, 2.24) is 9.88 Å². The molecule has 2 N–H and O–H groups in total. The number of nitrogens with two attached hydrogens (primary N) is 1. The summed E-state index contributed by atoms with van der Waals surface area (Å²) >= 11 is 0. The minimum Gasteiger partial charge on any atom is -0.383 e. The van der Waals surface area contributed by atoms with Gasteiger partial charge in [0, 0.05) is 19.3 Å². The highest BCUT2D eigenvalue weighted by Gasteiger charge is 2.22. The van der Waals surface area contributed by atoms with Crippen LogP contribution in [0.5, 0.6) is 0 Å². The first-order chi connectivity index (χ1) is 6.76. The van der Waals surface area contributed by atoms with Crippen LogP contribution in [0.1, 0.15) is 23.6 Å². The Kier molecular flexibility index (Phi) is 2.10. The van der Waals surface area contributed by atoms with Gasteiger partial charge in [-0.15, -0.1) is 0 Å². The Morgan fingerprint density at radius 3 is 3.07 bits per heavy atom. The molecular weight excluding hydrogens is 176 g/mol. The van der Waals surface area contributed by atoms with E-state index in [-0.39, 0.29) is 0 Å². The zero-order valence-corrected chi connectivity index (χ0v) is 8.12. The quantitative estimate of drug-likeness (QED) is 0.710. The second-order valence-corrected chi connectivity index (χ2v) is 3.44. The van der Waals surface area contributed by atoms with E-state index in [1.54, 1.807) is 6.20 Å². The monoisotopic (exact) mass is 188 g/mol. The van der Waals surface area contributed by atoms with Crippen molar-refractivity contribution in [2.45, 2.75) is 20.0 Å². The summed E-state index contributed by atoms with van der Waals surface area (Å²) in [5.74, 6) is 0.351. The van der Waals surface area contributed by atoms with Gasteiger partial charge < -0.3 is 5.73 Å². The lowest BCUT2D eigenvalue weighted by Crippen LogP contribution is -2.14. The number of nitrogen functional groups attached to an aromatic ring is 1. The first-order valence-corrected chi connectivity index (χ1v) is 4.65. The third kappa shape index (κ3) is 1.22. The number of anilines is 1. The van der Waals surface area contributed by atoms with E-state index >= 15 is 0 Å². The summed E-state index contributed by atoms with van der Waals surface area (Å²) in [6.07, 6.45) is 1.78. The number of fused-ring (bicyclic) bond motifs is 1. The molecule has 0 unspecified atom stereocenters. The molecule has 0 aromatic carbocycles. The van der Waals surface area contributed by atoms with Crippen LogP contribution in [0.2, 0.25) is 0 Å². The third-order valence-corrected chi connectivity index (χ3v) is 2.64. The van der Waals surface area contributed by atoms with Gasteiger partial charge in [0.1, 0.15) is 11.9 Å². The van der Waals surface area contributed by atoms with Crippen LogP contribution in [-0.4, -0.2) is 16.4 Å². The minimum atomic E-state index is 0.351. The van der Waals surface area contributed by atoms with Crippen LogP contribution >= 0.6 is 0 Å². The van der Waals surface area contributed by atoms with Crippen molar-refractivity contribution < 1.29 is 0 Å². The molecule has 0 amide bonds. The molecule has 0 bridgehead atoms. The van der Waals surface area contributed by atoms with Crippen LogP contribution in [0.15, 0.2) is 6.20 Å². The van der Waals surface area contributed by atoms with Gasteiger partial charge in [0.2, 0.25) is 0 Å². The van der Waals surface area contributed by atoms with Gasteiger partial charge in [0.15, 0.2) is 0 Å². The van der Waals surface area contributed by atoms with Gasteiger partial charge in [0.25, 0.3) is 0 Å². The fourth-order valence-electron chi connectivity index (χ4n) is 1.79. The van der Waals surface area contributed by atoms with Gasteiger partial charge in [-0.05, 0) is 17.7 Å². The first-order valence-electron chi connectivity index (χ1n) is 4.65. The van der Waals surface area contributed by atoms with Gasteiger partial charge >= 0.3 is 0 Å². The third-order valence-electron chi connectivity index (χ3n) is 2.64. The first kappa shape index (κ1) is 8.97.